The standard InChI is InChI=1S/C30H30O6/c1-2-24(6-8-26-11-15-28(16-12-26)36-22-32-18-30-20-34-30)4-3-23(1)5-7-25-9-13-27(14-10-25)35-21-31-17-29-19-33-29/h1-16,29-30H,17-22H2/b7-5+,8-6+. The highest BCUT2D eigenvalue weighted by molar-refractivity contribution is 5.73. The lowest BCUT2D eigenvalue weighted by Crippen LogP contribution is -2.07. The van der Waals surface area contributed by atoms with E-state index >= 15 is 0 Å². The zero-order valence-corrected chi connectivity index (χ0v) is 20.1. The zero-order chi connectivity index (χ0) is 24.4. The van der Waals surface area contributed by atoms with Gasteiger partial charge in [-0.05, 0) is 46.5 Å². The van der Waals surface area contributed by atoms with Crippen LogP contribution < -0.4 is 9.47 Å². The highest BCUT2D eigenvalue weighted by atomic mass is 16.7. The highest BCUT2D eigenvalue weighted by Gasteiger charge is 2.22. The molecule has 6 nitrogen and oxygen atoms in total. The molecule has 2 heterocycles. The number of rotatable bonds is 14. The Morgan fingerprint density at radius 2 is 0.833 bits per heavy atom. The van der Waals surface area contributed by atoms with Crippen molar-refractivity contribution in [1.82, 2.24) is 0 Å². The van der Waals surface area contributed by atoms with Crippen LogP contribution in [-0.2, 0) is 18.9 Å². The van der Waals surface area contributed by atoms with E-state index in [1.54, 1.807) is 0 Å². The van der Waals surface area contributed by atoms with Crippen LogP contribution in [0, 0.1) is 0 Å². The first-order valence-electron chi connectivity index (χ1n) is 12.1. The minimum Gasteiger partial charge on any atom is -0.468 e. The van der Waals surface area contributed by atoms with E-state index in [1.165, 1.54) is 0 Å². The summed E-state index contributed by atoms with van der Waals surface area (Å²) in [4.78, 5) is 0. The van der Waals surface area contributed by atoms with Gasteiger partial charge >= 0.3 is 0 Å². The predicted molar refractivity (Wildman–Crippen MR) is 140 cm³/mol. The fourth-order valence-corrected chi connectivity index (χ4v) is 3.36. The topological polar surface area (TPSA) is 62.0 Å². The van der Waals surface area contributed by atoms with Gasteiger partial charge in [-0.1, -0.05) is 72.8 Å². The second kappa shape index (κ2) is 12.5. The molecule has 3 aromatic rings. The number of ether oxygens (including phenoxy) is 6. The fourth-order valence-electron chi connectivity index (χ4n) is 3.36. The Labute approximate surface area is 211 Å². The summed E-state index contributed by atoms with van der Waals surface area (Å²) < 4.78 is 32.2. The van der Waals surface area contributed by atoms with Gasteiger partial charge in [-0.3, -0.25) is 0 Å². The van der Waals surface area contributed by atoms with Crippen molar-refractivity contribution >= 4 is 24.3 Å². The van der Waals surface area contributed by atoms with Crippen molar-refractivity contribution in [2.24, 2.45) is 0 Å². The van der Waals surface area contributed by atoms with Crippen LogP contribution in [0.1, 0.15) is 22.3 Å². The molecule has 5 rings (SSSR count). The molecule has 2 aliphatic rings. The third-order valence-electron chi connectivity index (χ3n) is 5.66. The van der Waals surface area contributed by atoms with Gasteiger partial charge in [0.15, 0.2) is 13.6 Å². The SMILES string of the molecule is C(=C\c1ccc(OCOCC2CO2)cc1)/c1ccc(/C=C/c2ccc(OCOCC3CO3)cc2)cc1. The number of hydrogen-bond acceptors (Lipinski definition) is 6. The third kappa shape index (κ3) is 8.36. The summed E-state index contributed by atoms with van der Waals surface area (Å²) in [6.45, 7) is 3.24. The van der Waals surface area contributed by atoms with Crippen molar-refractivity contribution < 1.29 is 28.4 Å². The Bertz CT molecular complexity index is 1040. The predicted octanol–water partition coefficient (Wildman–Crippen LogP) is 5.53. The lowest BCUT2D eigenvalue weighted by molar-refractivity contribution is 0.00809. The summed E-state index contributed by atoms with van der Waals surface area (Å²) in [6, 6.07) is 24.3. The van der Waals surface area contributed by atoms with Crippen LogP contribution in [0.4, 0.5) is 0 Å². The highest BCUT2D eigenvalue weighted by Crippen LogP contribution is 2.18. The molecule has 36 heavy (non-hydrogen) atoms. The molecule has 2 atom stereocenters. The van der Waals surface area contributed by atoms with E-state index in [2.05, 4.69) is 48.6 Å². The second-order valence-corrected chi connectivity index (χ2v) is 8.65. The molecule has 6 heteroatoms. The van der Waals surface area contributed by atoms with E-state index < -0.39 is 0 Å². The molecule has 2 aliphatic heterocycles. The van der Waals surface area contributed by atoms with Gasteiger partial charge in [0.1, 0.15) is 23.7 Å². The minimum absolute atomic E-state index is 0.238. The Balaban J connectivity index is 1.05. The van der Waals surface area contributed by atoms with E-state index in [0.717, 1.165) is 47.0 Å². The number of hydrogen-bond donors (Lipinski definition) is 0. The van der Waals surface area contributed by atoms with E-state index in [1.807, 2.05) is 48.5 Å². The van der Waals surface area contributed by atoms with Gasteiger partial charge in [-0.2, -0.15) is 0 Å². The first-order chi connectivity index (χ1) is 17.8. The van der Waals surface area contributed by atoms with Crippen LogP contribution >= 0.6 is 0 Å². The molecular weight excluding hydrogens is 456 g/mol. The molecule has 2 fully saturated rings. The molecule has 2 unspecified atom stereocenters. The summed E-state index contributed by atoms with van der Waals surface area (Å²) in [5.41, 5.74) is 4.49. The Morgan fingerprint density at radius 1 is 0.528 bits per heavy atom. The van der Waals surface area contributed by atoms with Gasteiger partial charge in [0.05, 0.1) is 26.4 Å². The van der Waals surface area contributed by atoms with Crippen molar-refractivity contribution in [2.75, 3.05) is 40.0 Å². The van der Waals surface area contributed by atoms with Crippen LogP contribution in [0.3, 0.4) is 0 Å². The molecule has 3 aromatic carbocycles. The summed E-state index contributed by atoms with van der Waals surface area (Å²) in [5.74, 6) is 1.58. The van der Waals surface area contributed by atoms with E-state index in [0.29, 0.717) is 13.2 Å². The lowest BCUT2D eigenvalue weighted by atomic mass is 10.1. The van der Waals surface area contributed by atoms with Gasteiger partial charge < -0.3 is 28.4 Å². The van der Waals surface area contributed by atoms with Crippen molar-refractivity contribution in [2.45, 2.75) is 12.2 Å². The van der Waals surface area contributed by atoms with Gasteiger partial charge in [0.2, 0.25) is 0 Å². The Hall–Kier alpha value is -3.42. The molecule has 2 saturated heterocycles. The van der Waals surface area contributed by atoms with Gasteiger partial charge in [-0.25, -0.2) is 0 Å². The third-order valence-corrected chi connectivity index (χ3v) is 5.66. The molecule has 0 bridgehead atoms. The van der Waals surface area contributed by atoms with E-state index in [-0.39, 0.29) is 25.8 Å². The molecule has 0 spiro atoms. The Kier molecular flexibility index (Phi) is 8.44. The average molecular weight is 487 g/mol. The molecule has 186 valence electrons. The first kappa shape index (κ1) is 24.3. The number of epoxide rings is 2. The van der Waals surface area contributed by atoms with Gasteiger partial charge in [0.25, 0.3) is 0 Å². The smallest absolute Gasteiger partial charge is 0.189 e. The molecule has 0 aromatic heterocycles. The Morgan fingerprint density at radius 3 is 1.14 bits per heavy atom. The van der Waals surface area contributed by atoms with Crippen LogP contribution in [-0.4, -0.2) is 52.2 Å². The van der Waals surface area contributed by atoms with Crippen LogP contribution in [0.25, 0.3) is 24.3 Å². The maximum Gasteiger partial charge on any atom is 0.189 e. The molecule has 0 N–H and O–H groups in total. The van der Waals surface area contributed by atoms with Crippen molar-refractivity contribution in [1.29, 1.82) is 0 Å². The number of benzene rings is 3. The largest absolute Gasteiger partial charge is 0.468 e. The molecular formula is C30H30O6. The van der Waals surface area contributed by atoms with E-state index in [4.69, 9.17) is 28.4 Å². The average Bonchev–Trinajstić information content (AvgIpc) is 3.85. The summed E-state index contributed by atoms with van der Waals surface area (Å²) >= 11 is 0. The summed E-state index contributed by atoms with van der Waals surface area (Å²) in [5, 5.41) is 0. The van der Waals surface area contributed by atoms with Gasteiger partial charge in [0, 0.05) is 0 Å². The van der Waals surface area contributed by atoms with Crippen molar-refractivity contribution in [3.8, 4) is 11.5 Å². The minimum atomic E-state index is 0.238. The molecule has 0 amide bonds. The first-order valence-corrected chi connectivity index (χ1v) is 12.1. The van der Waals surface area contributed by atoms with Crippen LogP contribution in [0.5, 0.6) is 11.5 Å². The lowest BCUT2D eigenvalue weighted by Gasteiger charge is -2.06. The normalized spacial score (nSPS) is 18.6. The van der Waals surface area contributed by atoms with Crippen LogP contribution in [0.15, 0.2) is 72.8 Å². The molecule has 0 saturated carbocycles. The maximum absolute atomic E-state index is 5.58. The van der Waals surface area contributed by atoms with Gasteiger partial charge in [-0.15, -0.1) is 0 Å². The molecule has 0 radical (unpaired) electrons. The molecule has 0 aliphatic carbocycles. The summed E-state index contributed by atoms with van der Waals surface area (Å²) in [7, 11) is 0. The quantitative estimate of drug-likeness (QED) is 0.129. The fraction of sp³-hybridized carbons (Fsp3) is 0.267. The summed E-state index contributed by atoms with van der Waals surface area (Å²) in [6.07, 6.45) is 8.88. The van der Waals surface area contributed by atoms with Crippen molar-refractivity contribution in [3.63, 3.8) is 0 Å². The van der Waals surface area contributed by atoms with Crippen LogP contribution in [0.2, 0.25) is 0 Å². The maximum atomic E-state index is 5.58. The monoisotopic (exact) mass is 486 g/mol. The second-order valence-electron chi connectivity index (χ2n) is 8.65. The zero-order valence-electron chi connectivity index (χ0n) is 20.1. The van der Waals surface area contributed by atoms with E-state index in [9.17, 15) is 0 Å². The van der Waals surface area contributed by atoms with Crippen molar-refractivity contribution in [3.05, 3.63) is 95.1 Å².